The van der Waals surface area contributed by atoms with E-state index in [1.807, 2.05) is 0 Å². The van der Waals surface area contributed by atoms with E-state index in [4.69, 9.17) is 4.74 Å². The average molecular weight is 252 g/mol. The number of morpholine rings is 1. The highest BCUT2D eigenvalue weighted by atomic mass is 16.5. The number of carbonyl (C=O) groups excluding carboxylic acids is 1. The Bertz CT molecular complexity index is 296. The zero-order valence-electron chi connectivity index (χ0n) is 11.1. The summed E-state index contributed by atoms with van der Waals surface area (Å²) in [6, 6.07) is 0.421. The smallest absolute Gasteiger partial charge is 0.242 e. The molecule has 2 heterocycles. The van der Waals surface area contributed by atoms with Crippen LogP contribution in [-0.2, 0) is 9.53 Å². The van der Waals surface area contributed by atoms with Crippen molar-refractivity contribution in [1.29, 1.82) is 0 Å². The van der Waals surface area contributed by atoms with E-state index in [0.717, 1.165) is 25.6 Å². The highest BCUT2D eigenvalue weighted by Gasteiger charge is 2.38. The second-order valence-corrected chi connectivity index (χ2v) is 5.87. The summed E-state index contributed by atoms with van der Waals surface area (Å²) in [5, 5.41) is 3.29. The van der Waals surface area contributed by atoms with E-state index < -0.39 is 0 Å². The van der Waals surface area contributed by atoms with Gasteiger partial charge >= 0.3 is 0 Å². The molecule has 3 aliphatic rings. The third kappa shape index (κ3) is 2.41. The lowest BCUT2D eigenvalue weighted by atomic mass is 9.95. The number of nitrogens with one attached hydrogen (secondary N) is 1. The number of likely N-dealkylation sites (tertiary alicyclic amines) is 1. The highest BCUT2D eigenvalue weighted by molar-refractivity contribution is 5.82. The third-order valence-electron chi connectivity index (χ3n) is 4.75. The molecule has 1 saturated carbocycles. The molecule has 1 amide bonds. The van der Waals surface area contributed by atoms with Crippen LogP contribution < -0.4 is 5.32 Å². The first-order chi connectivity index (χ1) is 8.86. The van der Waals surface area contributed by atoms with Gasteiger partial charge in [-0.2, -0.15) is 0 Å². The quantitative estimate of drug-likeness (QED) is 0.802. The summed E-state index contributed by atoms with van der Waals surface area (Å²) in [5.41, 5.74) is 0. The van der Waals surface area contributed by atoms with Gasteiger partial charge in [0, 0.05) is 19.1 Å². The molecule has 102 valence electrons. The van der Waals surface area contributed by atoms with Crippen molar-refractivity contribution in [2.24, 2.45) is 5.92 Å². The Hall–Kier alpha value is -0.610. The van der Waals surface area contributed by atoms with E-state index in [2.05, 4.69) is 10.2 Å². The maximum atomic E-state index is 12.6. The summed E-state index contributed by atoms with van der Waals surface area (Å²) in [6.45, 7) is 3.04. The Morgan fingerprint density at radius 1 is 1.17 bits per heavy atom. The van der Waals surface area contributed by atoms with Crippen LogP contribution in [0.25, 0.3) is 0 Å². The van der Waals surface area contributed by atoms with Crippen LogP contribution in [0.2, 0.25) is 0 Å². The van der Waals surface area contributed by atoms with E-state index in [1.54, 1.807) is 0 Å². The lowest BCUT2D eigenvalue weighted by Gasteiger charge is -2.33. The summed E-state index contributed by atoms with van der Waals surface area (Å²) in [5.74, 6) is 1.05. The lowest BCUT2D eigenvalue weighted by molar-refractivity contribution is -0.138. The molecule has 2 saturated heterocycles. The van der Waals surface area contributed by atoms with Gasteiger partial charge in [-0.3, -0.25) is 4.79 Å². The first-order valence-corrected chi connectivity index (χ1v) is 7.48. The molecule has 1 aliphatic carbocycles. The number of nitrogens with zero attached hydrogens (tertiary/aromatic N) is 1. The van der Waals surface area contributed by atoms with Gasteiger partial charge in [0.05, 0.1) is 13.2 Å². The number of hydrogen-bond acceptors (Lipinski definition) is 3. The Balaban J connectivity index is 1.63. The normalized spacial score (nSPS) is 34.1. The molecule has 0 spiro atoms. The van der Waals surface area contributed by atoms with Crippen molar-refractivity contribution in [2.75, 3.05) is 26.3 Å². The molecule has 1 N–H and O–H groups in total. The van der Waals surface area contributed by atoms with Crippen molar-refractivity contribution >= 4 is 5.91 Å². The summed E-state index contributed by atoms with van der Waals surface area (Å²) in [6.07, 6.45) is 7.75. The molecule has 0 aromatic rings. The summed E-state index contributed by atoms with van der Waals surface area (Å²) in [4.78, 5) is 14.7. The monoisotopic (exact) mass is 252 g/mol. The molecule has 18 heavy (non-hydrogen) atoms. The van der Waals surface area contributed by atoms with Gasteiger partial charge < -0.3 is 15.0 Å². The zero-order valence-corrected chi connectivity index (χ0v) is 11.1. The van der Waals surface area contributed by atoms with Crippen LogP contribution in [-0.4, -0.2) is 49.2 Å². The predicted molar refractivity (Wildman–Crippen MR) is 69.3 cm³/mol. The first-order valence-electron chi connectivity index (χ1n) is 7.48. The zero-order chi connectivity index (χ0) is 12.4. The fraction of sp³-hybridized carbons (Fsp3) is 0.929. The molecule has 2 unspecified atom stereocenters. The summed E-state index contributed by atoms with van der Waals surface area (Å²) < 4.78 is 5.41. The Morgan fingerprint density at radius 3 is 2.72 bits per heavy atom. The largest absolute Gasteiger partial charge is 0.378 e. The molecule has 2 aliphatic heterocycles. The first kappa shape index (κ1) is 12.4. The molecule has 0 radical (unpaired) electrons. The minimum absolute atomic E-state index is 0.0965. The van der Waals surface area contributed by atoms with E-state index >= 15 is 0 Å². The van der Waals surface area contributed by atoms with Gasteiger partial charge in [-0.1, -0.05) is 12.8 Å². The molecule has 2 atom stereocenters. The maximum absolute atomic E-state index is 12.6. The van der Waals surface area contributed by atoms with Gasteiger partial charge in [-0.25, -0.2) is 0 Å². The minimum Gasteiger partial charge on any atom is -0.378 e. The van der Waals surface area contributed by atoms with Crippen LogP contribution in [0.1, 0.15) is 38.5 Å². The van der Waals surface area contributed by atoms with E-state index in [-0.39, 0.29) is 11.9 Å². The standard InChI is InChI=1S/C14H24N2O2/c17-14(12-10-18-9-7-15-12)16-8-3-6-13(16)11-4-1-2-5-11/h11-13,15H,1-10H2. The van der Waals surface area contributed by atoms with Crippen LogP contribution >= 0.6 is 0 Å². The van der Waals surface area contributed by atoms with Gasteiger partial charge in [-0.05, 0) is 31.6 Å². The Kier molecular flexibility index (Phi) is 3.85. The molecular formula is C14H24N2O2. The lowest BCUT2D eigenvalue weighted by Crippen LogP contribution is -2.54. The topological polar surface area (TPSA) is 41.6 Å². The fourth-order valence-electron chi connectivity index (χ4n) is 3.82. The predicted octanol–water partition coefficient (Wildman–Crippen LogP) is 1.16. The van der Waals surface area contributed by atoms with Gasteiger partial charge in [0.2, 0.25) is 5.91 Å². The molecule has 0 aromatic carbocycles. The minimum atomic E-state index is -0.0965. The fourth-order valence-corrected chi connectivity index (χ4v) is 3.82. The number of amides is 1. The van der Waals surface area contributed by atoms with Gasteiger partial charge in [0.15, 0.2) is 0 Å². The number of carbonyl (C=O) groups is 1. The van der Waals surface area contributed by atoms with Crippen molar-refractivity contribution in [3.63, 3.8) is 0 Å². The molecular weight excluding hydrogens is 228 g/mol. The summed E-state index contributed by atoms with van der Waals surface area (Å²) in [7, 11) is 0. The van der Waals surface area contributed by atoms with Crippen LogP contribution in [0.5, 0.6) is 0 Å². The van der Waals surface area contributed by atoms with Crippen molar-refractivity contribution in [3.8, 4) is 0 Å². The second-order valence-electron chi connectivity index (χ2n) is 5.87. The molecule has 3 fully saturated rings. The average Bonchev–Trinajstić information content (AvgIpc) is 3.09. The van der Waals surface area contributed by atoms with Crippen LogP contribution in [0.3, 0.4) is 0 Å². The molecule has 4 heteroatoms. The third-order valence-corrected chi connectivity index (χ3v) is 4.75. The number of rotatable bonds is 2. The summed E-state index contributed by atoms with van der Waals surface area (Å²) >= 11 is 0. The van der Waals surface area contributed by atoms with Crippen LogP contribution in [0.15, 0.2) is 0 Å². The van der Waals surface area contributed by atoms with Crippen LogP contribution in [0.4, 0.5) is 0 Å². The number of ether oxygens (including phenoxy) is 1. The van der Waals surface area contributed by atoms with Gasteiger partial charge in [-0.15, -0.1) is 0 Å². The Labute approximate surface area is 109 Å². The second kappa shape index (κ2) is 5.57. The van der Waals surface area contributed by atoms with Crippen molar-refractivity contribution < 1.29 is 9.53 Å². The van der Waals surface area contributed by atoms with Gasteiger partial charge in [0.25, 0.3) is 0 Å². The number of hydrogen-bond donors (Lipinski definition) is 1. The van der Waals surface area contributed by atoms with E-state index in [9.17, 15) is 4.79 Å². The van der Waals surface area contributed by atoms with Crippen molar-refractivity contribution in [3.05, 3.63) is 0 Å². The SMILES string of the molecule is O=C(C1COCCN1)N1CCCC1C1CCCC1. The molecule has 0 aromatic heterocycles. The molecule has 0 bridgehead atoms. The molecule has 4 nitrogen and oxygen atoms in total. The molecule has 3 rings (SSSR count). The maximum Gasteiger partial charge on any atom is 0.242 e. The van der Waals surface area contributed by atoms with E-state index in [0.29, 0.717) is 12.6 Å². The van der Waals surface area contributed by atoms with E-state index in [1.165, 1.54) is 38.5 Å². The van der Waals surface area contributed by atoms with Crippen molar-refractivity contribution in [2.45, 2.75) is 50.6 Å². The van der Waals surface area contributed by atoms with Crippen LogP contribution in [0, 0.1) is 5.92 Å². The van der Waals surface area contributed by atoms with Crippen molar-refractivity contribution in [1.82, 2.24) is 10.2 Å². The highest BCUT2D eigenvalue weighted by Crippen LogP contribution is 2.35. The van der Waals surface area contributed by atoms with Gasteiger partial charge in [0.1, 0.15) is 6.04 Å². The Morgan fingerprint density at radius 2 is 2.00 bits per heavy atom.